The fourth-order valence-corrected chi connectivity index (χ4v) is 1.84. The molecule has 1 nitrogen and oxygen atoms in total. The van der Waals surface area contributed by atoms with Crippen molar-refractivity contribution in [1.82, 2.24) is 0 Å². The van der Waals surface area contributed by atoms with E-state index in [-0.39, 0.29) is 11.3 Å². The van der Waals surface area contributed by atoms with Crippen LogP contribution >= 0.6 is 0 Å². The number of Topliss-reactive ketones (excluding diaryl/α,β-unsaturated/α-hetero) is 1. The maximum Gasteiger partial charge on any atom is 0.170 e. The van der Waals surface area contributed by atoms with Gasteiger partial charge in [0.1, 0.15) is 11.6 Å². The van der Waals surface area contributed by atoms with Gasteiger partial charge in [0.25, 0.3) is 0 Å². The van der Waals surface area contributed by atoms with E-state index in [4.69, 9.17) is 0 Å². The minimum atomic E-state index is -0.737. The van der Waals surface area contributed by atoms with Gasteiger partial charge in [0.2, 0.25) is 0 Å². The van der Waals surface area contributed by atoms with Gasteiger partial charge >= 0.3 is 0 Å². The zero-order valence-corrected chi connectivity index (χ0v) is 9.86. The molecule has 0 saturated carbocycles. The maximum atomic E-state index is 13.1. The third-order valence-electron chi connectivity index (χ3n) is 2.84. The van der Waals surface area contributed by atoms with E-state index in [1.807, 2.05) is 30.3 Å². The van der Waals surface area contributed by atoms with Crippen molar-refractivity contribution in [1.29, 1.82) is 0 Å². The molecule has 0 amide bonds. The van der Waals surface area contributed by atoms with Crippen molar-refractivity contribution in [3.05, 3.63) is 71.3 Å². The molecular weight excluding hydrogens is 234 g/mol. The lowest BCUT2D eigenvalue weighted by molar-refractivity contribution is 0.0965. The van der Waals surface area contributed by atoms with Crippen LogP contribution in [0.3, 0.4) is 0 Å². The number of rotatable bonds is 3. The highest BCUT2D eigenvalue weighted by Gasteiger charge is 2.18. The molecule has 18 heavy (non-hydrogen) atoms. The highest BCUT2D eigenvalue weighted by Crippen LogP contribution is 2.21. The Hall–Kier alpha value is -2.03. The second-order valence-electron chi connectivity index (χ2n) is 4.15. The van der Waals surface area contributed by atoms with Crippen LogP contribution in [0.5, 0.6) is 0 Å². The highest BCUT2D eigenvalue weighted by molar-refractivity contribution is 6.00. The van der Waals surface area contributed by atoms with Gasteiger partial charge in [-0.1, -0.05) is 37.3 Å². The minimum absolute atomic E-state index is 0.0591. The van der Waals surface area contributed by atoms with Gasteiger partial charge in [-0.25, -0.2) is 8.78 Å². The van der Waals surface area contributed by atoms with Crippen LogP contribution < -0.4 is 0 Å². The van der Waals surface area contributed by atoms with Gasteiger partial charge in [0, 0.05) is 17.5 Å². The molecule has 0 saturated heterocycles. The van der Waals surface area contributed by atoms with Crippen molar-refractivity contribution < 1.29 is 13.6 Å². The van der Waals surface area contributed by atoms with E-state index in [0.717, 1.165) is 23.8 Å². The Morgan fingerprint density at radius 1 is 1.00 bits per heavy atom. The largest absolute Gasteiger partial charge is 0.294 e. The van der Waals surface area contributed by atoms with Crippen LogP contribution in [0.4, 0.5) is 8.78 Å². The van der Waals surface area contributed by atoms with Crippen molar-refractivity contribution in [2.24, 2.45) is 0 Å². The predicted molar refractivity (Wildman–Crippen MR) is 65.5 cm³/mol. The summed E-state index contributed by atoms with van der Waals surface area (Å²) in [6.45, 7) is 1.72. The SMILES string of the molecule is CC(C(=O)c1cc(F)cc(F)c1)c1ccccc1. The molecule has 0 aliphatic rings. The number of hydrogen-bond donors (Lipinski definition) is 0. The van der Waals surface area contributed by atoms with Crippen LogP contribution in [-0.2, 0) is 0 Å². The van der Waals surface area contributed by atoms with E-state index in [0.29, 0.717) is 0 Å². The summed E-state index contributed by atoms with van der Waals surface area (Å²) in [5, 5.41) is 0. The molecular formula is C15H12F2O. The molecule has 1 unspecified atom stereocenters. The molecule has 0 radical (unpaired) electrons. The van der Waals surface area contributed by atoms with E-state index >= 15 is 0 Å². The number of ketones is 1. The fourth-order valence-electron chi connectivity index (χ4n) is 1.84. The van der Waals surface area contributed by atoms with Gasteiger partial charge in [-0.2, -0.15) is 0 Å². The zero-order chi connectivity index (χ0) is 13.1. The van der Waals surface area contributed by atoms with E-state index in [9.17, 15) is 13.6 Å². The molecule has 0 N–H and O–H groups in total. The van der Waals surface area contributed by atoms with Gasteiger partial charge in [-0.3, -0.25) is 4.79 Å². The van der Waals surface area contributed by atoms with Crippen LogP contribution in [-0.4, -0.2) is 5.78 Å². The minimum Gasteiger partial charge on any atom is -0.294 e. The molecule has 0 aliphatic carbocycles. The molecule has 0 spiro atoms. The van der Waals surface area contributed by atoms with Crippen molar-refractivity contribution in [2.45, 2.75) is 12.8 Å². The predicted octanol–water partition coefficient (Wildman–Crippen LogP) is 3.95. The second-order valence-corrected chi connectivity index (χ2v) is 4.15. The van der Waals surface area contributed by atoms with Crippen molar-refractivity contribution in [3.8, 4) is 0 Å². The summed E-state index contributed by atoms with van der Waals surface area (Å²) in [4.78, 5) is 12.1. The number of halogens is 2. The Balaban J connectivity index is 2.31. The molecule has 0 heterocycles. The average molecular weight is 246 g/mol. The Morgan fingerprint density at radius 2 is 1.56 bits per heavy atom. The van der Waals surface area contributed by atoms with Gasteiger partial charge in [0.15, 0.2) is 5.78 Å². The monoisotopic (exact) mass is 246 g/mol. The lowest BCUT2D eigenvalue weighted by atomic mass is 9.92. The Labute approximate surface area is 104 Å². The second kappa shape index (κ2) is 5.08. The number of benzene rings is 2. The summed E-state index contributed by atoms with van der Waals surface area (Å²) in [7, 11) is 0. The van der Waals surface area contributed by atoms with Crippen LogP contribution in [0, 0.1) is 11.6 Å². The molecule has 1 atom stereocenters. The molecule has 92 valence electrons. The zero-order valence-electron chi connectivity index (χ0n) is 9.86. The third-order valence-corrected chi connectivity index (χ3v) is 2.84. The molecule has 0 aromatic heterocycles. The summed E-state index contributed by atoms with van der Waals surface area (Å²) in [5.41, 5.74) is 0.885. The molecule has 0 bridgehead atoms. The summed E-state index contributed by atoms with van der Waals surface area (Å²) < 4.78 is 26.1. The van der Waals surface area contributed by atoms with Gasteiger partial charge in [-0.05, 0) is 17.7 Å². The van der Waals surface area contributed by atoms with E-state index in [1.54, 1.807) is 6.92 Å². The Bertz CT molecular complexity index is 544. The average Bonchev–Trinajstić information content (AvgIpc) is 2.37. The first-order valence-corrected chi connectivity index (χ1v) is 5.63. The van der Waals surface area contributed by atoms with Crippen LogP contribution in [0.15, 0.2) is 48.5 Å². The molecule has 0 aliphatic heterocycles. The van der Waals surface area contributed by atoms with Crippen molar-refractivity contribution in [3.63, 3.8) is 0 Å². The number of carbonyl (C=O) groups is 1. The topological polar surface area (TPSA) is 17.1 Å². The molecule has 2 rings (SSSR count). The van der Waals surface area contributed by atoms with Crippen LogP contribution in [0.25, 0.3) is 0 Å². The first kappa shape index (κ1) is 12.4. The summed E-state index contributed by atoms with van der Waals surface area (Å²) in [5.74, 6) is -2.19. The number of hydrogen-bond acceptors (Lipinski definition) is 1. The van der Waals surface area contributed by atoms with Gasteiger partial charge < -0.3 is 0 Å². The van der Waals surface area contributed by atoms with Crippen molar-refractivity contribution in [2.75, 3.05) is 0 Å². The fraction of sp³-hybridized carbons (Fsp3) is 0.133. The summed E-state index contributed by atoms with van der Waals surface area (Å²) in [6, 6.07) is 12.0. The van der Waals surface area contributed by atoms with E-state index < -0.39 is 17.6 Å². The molecule has 3 heteroatoms. The van der Waals surface area contributed by atoms with Crippen molar-refractivity contribution >= 4 is 5.78 Å². The smallest absolute Gasteiger partial charge is 0.170 e. The first-order valence-electron chi connectivity index (χ1n) is 5.63. The summed E-state index contributed by atoms with van der Waals surface area (Å²) >= 11 is 0. The van der Waals surface area contributed by atoms with E-state index in [2.05, 4.69) is 0 Å². The first-order chi connectivity index (χ1) is 8.58. The normalized spacial score (nSPS) is 12.2. The molecule has 0 fully saturated rings. The van der Waals surface area contributed by atoms with E-state index in [1.165, 1.54) is 0 Å². The van der Waals surface area contributed by atoms with Crippen LogP contribution in [0.2, 0.25) is 0 Å². The standard InChI is InChI=1S/C15H12F2O/c1-10(11-5-3-2-4-6-11)15(18)12-7-13(16)9-14(17)8-12/h2-10H,1H3. The van der Waals surface area contributed by atoms with Crippen LogP contribution in [0.1, 0.15) is 28.8 Å². The lowest BCUT2D eigenvalue weighted by Gasteiger charge is -2.11. The maximum absolute atomic E-state index is 13.1. The van der Waals surface area contributed by atoms with Gasteiger partial charge in [-0.15, -0.1) is 0 Å². The lowest BCUT2D eigenvalue weighted by Crippen LogP contribution is -2.10. The Kier molecular flexibility index (Phi) is 3.51. The molecule has 2 aromatic rings. The quantitative estimate of drug-likeness (QED) is 0.749. The third kappa shape index (κ3) is 2.62. The number of carbonyl (C=O) groups excluding carboxylic acids is 1. The molecule has 2 aromatic carbocycles. The van der Waals surface area contributed by atoms with Gasteiger partial charge in [0.05, 0.1) is 0 Å². The Morgan fingerprint density at radius 3 is 2.11 bits per heavy atom. The summed E-state index contributed by atoms with van der Waals surface area (Å²) in [6.07, 6.45) is 0. The highest BCUT2D eigenvalue weighted by atomic mass is 19.1.